The Morgan fingerprint density at radius 1 is 1.18 bits per heavy atom. The van der Waals surface area contributed by atoms with E-state index >= 15 is 0 Å². The van der Waals surface area contributed by atoms with E-state index in [9.17, 15) is 13.2 Å². The van der Waals surface area contributed by atoms with Crippen molar-refractivity contribution in [2.24, 2.45) is 0 Å². The van der Waals surface area contributed by atoms with Crippen LogP contribution >= 0.6 is 0 Å². The van der Waals surface area contributed by atoms with Crippen LogP contribution in [0.5, 0.6) is 0 Å². The van der Waals surface area contributed by atoms with Crippen LogP contribution in [0.25, 0.3) is 0 Å². The van der Waals surface area contributed by atoms with E-state index in [-0.39, 0.29) is 21.4 Å². The highest BCUT2D eigenvalue weighted by molar-refractivity contribution is 7.91. The van der Waals surface area contributed by atoms with Crippen LogP contribution in [0.1, 0.15) is 27.4 Å². The van der Waals surface area contributed by atoms with Gasteiger partial charge in [0.1, 0.15) is 10.7 Å². The first-order chi connectivity index (χ1) is 13.3. The van der Waals surface area contributed by atoms with E-state index in [0.29, 0.717) is 12.1 Å². The van der Waals surface area contributed by atoms with Crippen LogP contribution in [0.15, 0.2) is 69.5 Å². The molecule has 7 heteroatoms. The number of benzene rings is 1. The highest BCUT2D eigenvalue weighted by atomic mass is 32.2. The van der Waals surface area contributed by atoms with E-state index in [1.165, 1.54) is 12.3 Å². The molecule has 0 spiro atoms. The molecule has 0 unspecified atom stereocenters. The quantitative estimate of drug-likeness (QED) is 0.629. The van der Waals surface area contributed by atoms with Gasteiger partial charge in [0, 0.05) is 12.2 Å². The van der Waals surface area contributed by atoms with Gasteiger partial charge in [0.25, 0.3) is 5.91 Å². The van der Waals surface area contributed by atoms with Gasteiger partial charge < -0.3 is 14.3 Å². The number of hydrogen-bond donors (Lipinski definition) is 1. The lowest BCUT2D eigenvalue weighted by Gasteiger charge is -2.12. The van der Waals surface area contributed by atoms with Crippen LogP contribution in [-0.4, -0.2) is 18.9 Å². The lowest BCUT2D eigenvalue weighted by atomic mass is 10.2. The smallest absolute Gasteiger partial charge is 0.292 e. The Kier molecular flexibility index (Phi) is 5.29. The summed E-state index contributed by atoms with van der Waals surface area (Å²) in [4.78, 5) is 12.8. The molecule has 0 aliphatic rings. The molecule has 0 aliphatic carbocycles. The van der Waals surface area contributed by atoms with Crippen LogP contribution in [0.2, 0.25) is 0 Å². The van der Waals surface area contributed by atoms with Gasteiger partial charge in [0.15, 0.2) is 5.76 Å². The SMILES string of the molecule is C=CCn1c(C)c(C)c(S(=O)(=O)c2ccc(C)cc2)c1NC(=O)c1ccco1. The Hall–Kier alpha value is -3.06. The van der Waals surface area contributed by atoms with Gasteiger partial charge in [-0.2, -0.15) is 0 Å². The predicted molar refractivity (Wildman–Crippen MR) is 107 cm³/mol. The standard InChI is InChI=1S/C21H22N2O4S/c1-5-12-23-16(4)15(3)19(20(23)22-21(24)18-7-6-13-27-18)28(25,26)17-10-8-14(2)9-11-17/h5-11,13H,1,12H2,2-4H3,(H,22,24). The number of hydrogen-bond acceptors (Lipinski definition) is 4. The second kappa shape index (κ2) is 7.52. The van der Waals surface area contributed by atoms with E-state index in [1.54, 1.807) is 47.9 Å². The summed E-state index contributed by atoms with van der Waals surface area (Å²) in [6, 6.07) is 9.75. The second-order valence-corrected chi connectivity index (χ2v) is 8.42. The molecule has 0 saturated carbocycles. The molecule has 2 heterocycles. The van der Waals surface area contributed by atoms with Crippen LogP contribution in [0.4, 0.5) is 5.82 Å². The van der Waals surface area contributed by atoms with E-state index in [2.05, 4.69) is 11.9 Å². The average molecular weight is 398 g/mol. The molecule has 0 fully saturated rings. The van der Waals surface area contributed by atoms with E-state index < -0.39 is 15.7 Å². The Labute approximate surface area is 164 Å². The first kappa shape index (κ1) is 19.7. The zero-order valence-corrected chi connectivity index (χ0v) is 16.8. The van der Waals surface area contributed by atoms with Crippen molar-refractivity contribution < 1.29 is 17.6 Å². The zero-order valence-electron chi connectivity index (χ0n) is 16.0. The van der Waals surface area contributed by atoms with Gasteiger partial charge in [-0.15, -0.1) is 6.58 Å². The molecule has 1 N–H and O–H groups in total. The van der Waals surface area contributed by atoms with Crippen molar-refractivity contribution in [2.75, 3.05) is 5.32 Å². The van der Waals surface area contributed by atoms with E-state index in [4.69, 9.17) is 4.42 Å². The number of aryl methyl sites for hydroxylation is 1. The molecule has 28 heavy (non-hydrogen) atoms. The Balaban J connectivity index is 2.19. The van der Waals surface area contributed by atoms with Crippen molar-refractivity contribution in [1.82, 2.24) is 4.57 Å². The van der Waals surface area contributed by atoms with Crippen molar-refractivity contribution in [3.8, 4) is 0 Å². The Morgan fingerprint density at radius 3 is 2.43 bits per heavy atom. The molecule has 0 saturated heterocycles. The molecular formula is C21H22N2O4S. The van der Waals surface area contributed by atoms with Crippen molar-refractivity contribution in [2.45, 2.75) is 37.1 Å². The van der Waals surface area contributed by atoms with Gasteiger partial charge in [0.05, 0.1) is 11.2 Å². The number of allylic oxidation sites excluding steroid dienone is 1. The molecule has 3 rings (SSSR count). The maximum Gasteiger partial charge on any atom is 0.292 e. The summed E-state index contributed by atoms with van der Waals surface area (Å²) < 4.78 is 33.7. The van der Waals surface area contributed by atoms with Crippen molar-refractivity contribution in [3.63, 3.8) is 0 Å². The summed E-state index contributed by atoms with van der Waals surface area (Å²) in [6.45, 7) is 9.53. The number of carbonyl (C=O) groups is 1. The minimum Gasteiger partial charge on any atom is -0.459 e. The molecule has 2 aromatic heterocycles. The van der Waals surface area contributed by atoms with Crippen molar-refractivity contribution >= 4 is 21.6 Å². The predicted octanol–water partition coefficient (Wildman–Crippen LogP) is 4.28. The highest BCUT2D eigenvalue weighted by Gasteiger charge is 2.30. The molecule has 0 atom stereocenters. The third-order valence-corrected chi connectivity index (χ3v) is 6.59. The number of nitrogens with zero attached hydrogens (tertiary/aromatic N) is 1. The number of sulfone groups is 1. The maximum atomic E-state index is 13.4. The number of anilines is 1. The third kappa shape index (κ3) is 3.41. The minimum atomic E-state index is -3.85. The van der Waals surface area contributed by atoms with Crippen molar-refractivity contribution in [3.05, 3.63) is 77.9 Å². The lowest BCUT2D eigenvalue weighted by molar-refractivity contribution is 0.0995. The average Bonchev–Trinajstić information content (AvgIpc) is 3.26. The van der Waals surface area contributed by atoms with Crippen LogP contribution in [0.3, 0.4) is 0 Å². The molecular weight excluding hydrogens is 376 g/mol. The molecule has 146 valence electrons. The van der Waals surface area contributed by atoms with Crippen molar-refractivity contribution in [1.29, 1.82) is 0 Å². The van der Waals surface area contributed by atoms with Crippen LogP contribution in [-0.2, 0) is 16.4 Å². The maximum absolute atomic E-state index is 13.4. The number of furan rings is 1. The number of amides is 1. The fourth-order valence-corrected chi connectivity index (χ4v) is 4.75. The van der Waals surface area contributed by atoms with Crippen LogP contribution < -0.4 is 5.32 Å². The summed E-state index contributed by atoms with van der Waals surface area (Å²) in [5.41, 5.74) is 2.28. The van der Waals surface area contributed by atoms with Gasteiger partial charge in [-0.1, -0.05) is 23.8 Å². The highest BCUT2D eigenvalue weighted by Crippen LogP contribution is 2.35. The number of aromatic nitrogens is 1. The normalized spacial score (nSPS) is 11.4. The van der Waals surface area contributed by atoms with Crippen LogP contribution in [0, 0.1) is 20.8 Å². The third-order valence-electron chi connectivity index (χ3n) is 4.66. The van der Waals surface area contributed by atoms with E-state index in [0.717, 1.165) is 11.3 Å². The first-order valence-corrected chi connectivity index (χ1v) is 10.2. The van der Waals surface area contributed by atoms with Gasteiger partial charge in [-0.3, -0.25) is 4.79 Å². The second-order valence-electron chi connectivity index (χ2n) is 6.54. The van der Waals surface area contributed by atoms with Gasteiger partial charge in [-0.25, -0.2) is 8.42 Å². The molecule has 3 aromatic rings. The monoisotopic (exact) mass is 398 g/mol. The topological polar surface area (TPSA) is 81.3 Å². The van der Waals surface area contributed by atoms with Gasteiger partial charge in [-0.05, 0) is 50.6 Å². The fourth-order valence-electron chi connectivity index (χ4n) is 3.06. The summed E-state index contributed by atoms with van der Waals surface area (Å²) in [7, 11) is -3.85. The van der Waals surface area contributed by atoms with E-state index in [1.807, 2.05) is 13.8 Å². The summed E-state index contributed by atoms with van der Waals surface area (Å²) in [5, 5.41) is 2.72. The first-order valence-electron chi connectivity index (χ1n) is 8.74. The fraction of sp³-hybridized carbons (Fsp3) is 0.190. The summed E-state index contributed by atoms with van der Waals surface area (Å²) in [6.07, 6.45) is 3.04. The number of rotatable bonds is 6. The minimum absolute atomic E-state index is 0.0793. The molecule has 1 amide bonds. The largest absolute Gasteiger partial charge is 0.459 e. The zero-order chi connectivity index (χ0) is 20.5. The number of carbonyl (C=O) groups excluding carboxylic acids is 1. The van der Waals surface area contributed by atoms with Gasteiger partial charge >= 0.3 is 0 Å². The Bertz CT molecular complexity index is 1120. The molecule has 0 aliphatic heterocycles. The summed E-state index contributed by atoms with van der Waals surface area (Å²) >= 11 is 0. The molecule has 0 radical (unpaired) electrons. The van der Waals surface area contributed by atoms with Gasteiger partial charge in [0.2, 0.25) is 9.84 Å². The Morgan fingerprint density at radius 2 is 1.86 bits per heavy atom. The molecule has 1 aromatic carbocycles. The molecule has 0 bridgehead atoms. The number of nitrogens with one attached hydrogen (secondary N) is 1. The summed E-state index contributed by atoms with van der Waals surface area (Å²) in [5.74, 6) is -0.217. The molecule has 6 nitrogen and oxygen atoms in total. The lowest BCUT2D eigenvalue weighted by Crippen LogP contribution is -2.17.